The highest BCUT2D eigenvalue weighted by molar-refractivity contribution is 5.61. The molecule has 0 aliphatic carbocycles. The van der Waals surface area contributed by atoms with Crippen molar-refractivity contribution in [3.8, 4) is 0 Å². The largest absolute Gasteiger partial charge is 0.513 e. The van der Waals surface area contributed by atoms with Gasteiger partial charge in [0.05, 0.1) is 6.61 Å². The van der Waals surface area contributed by atoms with Crippen molar-refractivity contribution in [1.82, 2.24) is 0 Å². The van der Waals surface area contributed by atoms with Gasteiger partial charge in [-0.15, -0.1) is 0 Å². The Kier molecular flexibility index (Phi) is 4.63. The van der Waals surface area contributed by atoms with Crippen LogP contribution in [0.25, 0.3) is 0 Å². The number of epoxide rings is 1. The van der Waals surface area contributed by atoms with Gasteiger partial charge in [0.15, 0.2) is 0 Å². The van der Waals surface area contributed by atoms with Crippen LogP contribution < -0.4 is 0 Å². The lowest BCUT2D eigenvalue weighted by molar-refractivity contribution is 0.0738. The van der Waals surface area contributed by atoms with Crippen molar-refractivity contribution < 1.29 is 19.0 Å². The third-order valence-electron chi connectivity index (χ3n) is 1.59. The van der Waals surface area contributed by atoms with Crippen LogP contribution in [0.2, 0.25) is 0 Å². The molecule has 1 unspecified atom stereocenters. The van der Waals surface area contributed by atoms with Gasteiger partial charge in [-0.05, 0) is 13.0 Å². The van der Waals surface area contributed by atoms with Crippen LogP contribution in [0.4, 0.5) is 4.79 Å². The Bertz CT molecular complexity index is 287. The van der Waals surface area contributed by atoms with Crippen LogP contribution in [-0.4, -0.2) is 25.5 Å². The molecule has 0 spiro atoms. The Hall–Kier alpha value is -1.55. The standard InChI is InChI=1S/C11H14O4/c1-3-4-5-6-9(2)15-11(12)14-8-10-7-13-10/h3-6,10H,2,7-8H2,1H3/b4-3-,6-5-. The molecule has 1 atom stereocenters. The summed E-state index contributed by atoms with van der Waals surface area (Å²) < 4.78 is 14.4. The highest BCUT2D eigenvalue weighted by Gasteiger charge is 2.24. The molecule has 82 valence electrons. The maximum atomic E-state index is 11.0. The number of hydrogen-bond acceptors (Lipinski definition) is 4. The number of hydrogen-bond donors (Lipinski definition) is 0. The molecule has 1 saturated heterocycles. The van der Waals surface area contributed by atoms with Crippen molar-refractivity contribution in [1.29, 1.82) is 0 Å². The van der Waals surface area contributed by atoms with Gasteiger partial charge >= 0.3 is 6.16 Å². The summed E-state index contributed by atoms with van der Waals surface area (Å²) in [6.07, 6.45) is 6.25. The Balaban J connectivity index is 2.14. The minimum Gasteiger partial charge on any atom is -0.431 e. The first kappa shape index (κ1) is 11.5. The number of ether oxygens (including phenoxy) is 3. The zero-order valence-corrected chi connectivity index (χ0v) is 8.64. The lowest BCUT2D eigenvalue weighted by atomic mass is 10.4. The van der Waals surface area contributed by atoms with Crippen molar-refractivity contribution in [2.75, 3.05) is 13.2 Å². The van der Waals surface area contributed by atoms with E-state index in [-0.39, 0.29) is 18.5 Å². The van der Waals surface area contributed by atoms with E-state index >= 15 is 0 Å². The molecule has 4 nitrogen and oxygen atoms in total. The lowest BCUT2D eigenvalue weighted by Gasteiger charge is -2.03. The fourth-order valence-electron chi connectivity index (χ4n) is 0.770. The molecule has 1 rings (SSSR count). The van der Waals surface area contributed by atoms with Crippen LogP contribution in [0, 0.1) is 0 Å². The van der Waals surface area contributed by atoms with Crippen molar-refractivity contribution in [3.05, 3.63) is 36.6 Å². The normalized spacial score (nSPS) is 19.4. The van der Waals surface area contributed by atoms with E-state index in [0.717, 1.165) is 0 Å². The van der Waals surface area contributed by atoms with Crippen LogP contribution in [0.5, 0.6) is 0 Å². The molecule has 0 aromatic rings. The maximum absolute atomic E-state index is 11.0. The maximum Gasteiger partial charge on any atom is 0.513 e. The van der Waals surface area contributed by atoms with E-state index in [0.29, 0.717) is 6.61 Å². The summed E-state index contributed by atoms with van der Waals surface area (Å²) in [5, 5.41) is 0. The Morgan fingerprint density at radius 1 is 1.60 bits per heavy atom. The van der Waals surface area contributed by atoms with Gasteiger partial charge in [0.25, 0.3) is 0 Å². The van der Waals surface area contributed by atoms with E-state index in [1.165, 1.54) is 0 Å². The Morgan fingerprint density at radius 2 is 2.33 bits per heavy atom. The third kappa shape index (κ3) is 5.70. The smallest absolute Gasteiger partial charge is 0.431 e. The first-order chi connectivity index (χ1) is 7.22. The fraction of sp³-hybridized carbons (Fsp3) is 0.364. The van der Waals surface area contributed by atoms with Crippen molar-refractivity contribution >= 4 is 6.16 Å². The molecule has 0 radical (unpaired) electrons. The molecule has 0 aromatic carbocycles. The van der Waals surface area contributed by atoms with Crippen molar-refractivity contribution in [2.45, 2.75) is 13.0 Å². The van der Waals surface area contributed by atoms with Crippen molar-refractivity contribution in [2.24, 2.45) is 0 Å². The number of carbonyl (C=O) groups is 1. The van der Waals surface area contributed by atoms with Gasteiger partial charge in [-0.3, -0.25) is 0 Å². The molecule has 1 heterocycles. The zero-order valence-electron chi connectivity index (χ0n) is 8.64. The van der Waals surface area contributed by atoms with Gasteiger partial charge in [0.2, 0.25) is 0 Å². The number of carbonyl (C=O) groups excluding carboxylic acids is 1. The Morgan fingerprint density at radius 3 is 2.93 bits per heavy atom. The molecular weight excluding hydrogens is 196 g/mol. The SMILES string of the molecule is C=C(/C=C\C=C/C)OC(=O)OCC1CO1. The molecule has 0 bridgehead atoms. The Labute approximate surface area is 88.8 Å². The first-order valence-corrected chi connectivity index (χ1v) is 4.67. The fourth-order valence-corrected chi connectivity index (χ4v) is 0.770. The van der Waals surface area contributed by atoms with Gasteiger partial charge < -0.3 is 14.2 Å². The van der Waals surface area contributed by atoms with E-state index in [9.17, 15) is 4.79 Å². The van der Waals surface area contributed by atoms with E-state index < -0.39 is 6.16 Å². The second-order valence-electron chi connectivity index (χ2n) is 2.97. The van der Waals surface area contributed by atoms with E-state index in [4.69, 9.17) is 14.2 Å². The molecule has 0 aromatic heterocycles. The second kappa shape index (κ2) is 6.03. The molecule has 15 heavy (non-hydrogen) atoms. The third-order valence-corrected chi connectivity index (χ3v) is 1.59. The quantitative estimate of drug-likeness (QED) is 0.302. The van der Waals surface area contributed by atoms with Gasteiger partial charge in [0.1, 0.15) is 18.5 Å². The average molecular weight is 210 g/mol. The van der Waals surface area contributed by atoms with Gasteiger partial charge in [-0.1, -0.05) is 24.8 Å². The summed E-state index contributed by atoms with van der Waals surface area (Å²) in [5.74, 6) is 0.245. The molecule has 1 aliphatic rings. The van der Waals surface area contributed by atoms with Crippen LogP contribution in [0.1, 0.15) is 6.92 Å². The summed E-state index contributed by atoms with van der Waals surface area (Å²) in [7, 11) is 0. The van der Waals surface area contributed by atoms with Gasteiger partial charge in [0, 0.05) is 0 Å². The summed E-state index contributed by atoms with van der Waals surface area (Å²) >= 11 is 0. The van der Waals surface area contributed by atoms with E-state index in [2.05, 4.69) is 6.58 Å². The predicted octanol–water partition coefficient (Wildman–Crippen LogP) is 2.18. The minimum absolute atomic E-state index is 0.0457. The summed E-state index contributed by atoms with van der Waals surface area (Å²) in [6.45, 7) is 6.31. The topological polar surface area (TPSA) is 48.1 Å². The summed E-state index contributed by atoms with van der Waals surface area (Å²) in [6, 6.07) is 0. The predicted molar refractivity (Wildman–Crippen MR) is 55.3 cm³/mol. The van der Waals surface area contributed by atoms with Gasteiger partial charge in [-0.25, -0.2) is 4.79 Å². The van der Waals surface area contributed by atoms with Crippen LogP contribution in [0.3, 0.4) is 0 Å². The van der Waals surface area contributed by atoms with E-state index in [1.54, 1.807) is 18.2 Å². The second-order valence-corrected chi connectivity index (χ2v) is 2.97. The van der Waals surface area contributed by atoms with Crippen LogP contribution in [0.15, 0.2) is 36.6 Å². The van der Waals surface area contributed by atoms with E-state index in [1.807, 2.05) is 13.0 Å². The highest BCUT2D eigenvalue weighted by Crippen LogP contribution is 2.09. The zero-order chi connectivity index (χ0) is 11.1. The van der Waals surface area contributed by atoms with Crippen LogP contribution in [-0.2, 0) is 14.2 Å². The van der Waals surface area contributed by atoms with Crippen molar-refractivity contribution in [3.63, 3.8) is 0 Å². The minimum atomic E-state index is -0.749. The summed E-state index contributed by atoms with van der Waals surface area (Å²) in [4.78, 5) is 11.0. The molecule has 0 N–H and O–H groups in total. The molecular formula is C11H14O4. The number of rotatable bonds is 5. The molecule has 4 heteroatoms. The summed E-state index contributed by atoms with van der Waals surface area (Å²) in [5.41, 5.74) is 0. The molecule has 0 amide bonds. The lowest BCUT2D eigenvalue weighted by Crippen LogP contribution is -2.10. The van der Waals surface area contributed by atoms with Crippen LogP contribution >= 0.6 is 0 Å². The monoisotopic (exact) mass is 210 g/mol. The molecule has 1 fully saturated rings. The average Bonchev–Trinajstić information content (AvgIpc) is 2.98. The molecule has 1 aliphatic heterocycles. The molecule has 0 saturated carbocycles. The number of allylic oxidation sites excluding steroid dienone is 4. The highest BCUT2D eigenvalue weighted by atomic mass is 16.7. The first-order valence-electron chi connectivity index (χ1n) is 4.67. The van der Waals surface area contributed by atoms with Gasteiger partial charge in [-0.2, -0.15) is 0 Å².